The van der Waals surface area contributed by atoms with Gasteiger partial charge in [0.25, 0.3) is 0 Å². The van der Waals surface area contributed by atoms with Crippen LogP contribution in [0.5, 0.6) is 0 Å². The number of fused-ring (bicyclic) bond motifs is 5. The molecule has 0 saturated heterocycles. The maximum Gasteiger partial charge on any atom is 0.468 e. The number of allylic oxidation sites excluding steroid dienone is 3. The third-order valence-electron chi connectivity index (χ3n) is 10.4. The zero-order valence-corrected chi connectivity index (χ0v) is 26.2. The Morgan fingerprint density at radius 1 is 1.00 bits per heavy atom. The molecule has 4 unspecified atom stereocenters. The first-order chi connectivity index (χ1) is 18.1. The largest absolute Gasteiger partial charge is 0.468 e. The van der Waals surface area contributed by atoms with Crippen molar-refractivity contribution in [1.29, 1.82) is 0 Å². The van der Waals surface area contributed by atoms with Gasteiger partial charge in [0.15, 0.2) is 0 Å². The molecule has 4 aliphatic rings. The molecule has 222 valence electrons. The molecule has 4 aliphatic carbocycles. The Hall–Kier alpha value is 0.226. The van der Waals surface area contributed by atoms with Gasteiger partial charge in [-0.3, -0.25) is 0 Å². The summed E-state index contributed by atoms with van der Waals surface area (Å²) in [5.41, 5.74) is 2.76. The van der Waals surface area contributed by atoms with Crippen LogP contribution in [-0.2, 0) is 0 Å². The zero-order valence-electron chi connectivity index (χ0n) is 23.2. The maximum absolute atomic E-state index is 12.5. The van der Waals surface area contributed by atoms with E-state index in [4.69, 9.17) is 0 Å². The molecule has 2 fully saturated rings. The van der Waals surface area contributed by atoms with Gasteiger partial charge in [-0.1, -0.05) is 32.4 Å². The number of alkyl halides is 6. The quantitative estimate of drug-likeness (QED) is 0.158. The Morgan fingerprint density at radius 3 is 2.28 bits per heavy atom. The second-order valence-corrected chi connectivity index (χ2v) is 16.2. The van der Waals surface area contributed by atoms with Crippen molar-refractivity contribution < 1.29 is 36.6 Å². The molecule has 0 amide bonds. The average molecular weight is 642 g/mol. The first kappa shape index (κ1) is 33.7. The summed E-state index contributed by atoms with van der Waals surface area (Å²) in [5.74, 6) is 1.92. The lowest BCUT2D eigenvalue weighted by Gasteiger charge is -2.57. The van der Waals surface area contributed by atoms with E-state index in [1.807, 2.05) is 0 Å². The molecule has 2 N–H and O–H groups in total. The van der Waals surface area contributed by atoms with Gasteiger partial charge in [-0.25, -0.2) is 0 Å². The molecular formula is C29H43BrF6MgO2. The van der Waals surface area contributed by atoms with E-state index < -0.39 is 31.3 Å². The first-order valence-electron chi connectivity index (χ1n) is 14.5. The maximum atomic E-state index is 12.5. The van der Waals surface area contributed by atoms with Crippen LogP contribution in [0.1, 0.15) is 90.9 Å². The van der Waals surface area contributed by atoms with Gasteiger partial charge in [0.1, 0.15) is 0 Å². The molecule has 7 atom stereocenters. The predicted molar refractivity (Wildman–Crippen MR) is 146 cm³/mol. The van der Waals surface area contributed by atoms with Crippen LogP contribution >= 0.6 is 12.9 Å². The summed E-state index contributed by atoms with van der Waals surface area (Å²) in [6.45, 7) is 4.86. The molecule has 39 heavy (non-hydrogen) atoms. The number of rotatable bonds is 8. The fourth-order valence-electron chi connectivity index (χ4n) is 8.31. The second kappa shape index (κ2) is 13.7. The molecule has 0 radical (unpaired) electrons. The van der Waals surface area contributed by atoms with Crippen LogP contribution in [0, 0.1) is 34.5 Å². The van der Waals surface area contributed by atoms with Crippen LogP contribution in [0.3, 0.4) is 0 Å². The van der Waals surface area contributed by atoms with Crippen LogP contribution in [0.4, 0.5) is 26.3 Å². The number of aliphatic hydroxyl groups is 2. The van der Waals surface area contributed by atoms with Gasteiger partial charge in [-0.15, -0.1) is 4.55 Å². The molecule has 0 aliphatic heterocycles. The van der Waals surface area contributed by atoms with Crippen LogP contribution in [-0.4, -0.2) is 53.5 Å². The minimum absolute atomic E-state index is 0.0255. The number of aliphatic hydroxyl groups excluding tert-OH is 2. The number of hydrogen-bond donors (Lipinski definition) is 2. The third-order valence-corrected chi connectivity index (χ3v) is 12.8. The van der Waals surface area contributed by atoms with Crippen molar-refractivity contribution in [2.24, 2.45) is 34.5 Å². The summed E-state index contributed by atoms with van der Waals surface area (Å²) in [6.07, 6.45) is 2.46. The van der Waals surface area contributed by atoms with Crippen molar-refractivity contribution in [2.75, 3.05) is 6.61 Å². The van der Waals surface area contributed by atoms with E-state index in [-0.39, 0.29) is 54.4 Å². The van der Waals surface area contributed by atoms with E-state index in [9.17, 15) is 36.6 Å². The highest BCUT2D eigenvalue weighted by Crippen LogP contribution is 2.66. The van der Waals surface area contributed by atoms with Crippen molar-refractivity contribution in [2.45, 2.75) is 114 Å². The molecule has 0 aromatic carbocycles. The third kappa shape index (κ3) is 8.41. The average Bonchev–Trinajstić information content (AvgIpc) is 3.20. The normalized spacial score (nSPS) is 34.8. The lowest BCUT2D eigenvalue weighted by Crippen LogP contribution is -2.50. The van der Waals surface area contributed by atoms with Gasteiger partial charge in [-0.05, 0) is 103 Å². The topological polar surface area (TPSA) is 40.5 Å². The predicted octanol–water partition coefficient (Wildman–Crippen LogP) is 8.95. The molecule has 0 heterocycles. The van der Waals surface area contributed by atoms with E-state index in [1.165, 1.54) is 5.57 Å². The fourth-order valence-corrected chi connectivity index (χ4v) is 9.94. The van der Waals surface area contributed by atoms with E-state index in [1.54, 1.807) is 0 Å². The van der Waals surface area contributed by atoms with Gasteiger partial charge >= 0.3 is 30.5 Å². The zero-order chi connectivity index (χ0) is 29.1. The van der Waals surface area contributed by atoms with Crippen LogP contribution < -0.4 is 0 Å². The smallest absolute Gasteiger partial charge is 0.393 e. The van der Waals surface area contributed by atoms with Crippen molar-refractivity contribution >= 4 is 31.1 Å². The van der Waals surface area contributed by atoms with Crippen LogP contribution in [0.2, 0.25) is 4.55 Å². The second-order valence-electron chi connectivity index (χ2n) is 12.7. The van der Waals surface area contributed by atoms with Gasteiger partial charge < -0.3 is 23.1 Å². The van der Waals surface area contributed by atoms with Crippen LogP contribution in [0.15, 0.2) is 23.3 Å². The lowest BCUT2D eigenvalue weighted by atomic mass is 9.47. The Bertz CT molecular complexity index is 875. The van der Waals surface area contributed by atoms with Gasteiger partial charge in [-0.2, -0.15) is 26.3 Å². The summed E-state index contributed by atoms with van der Waals surface area (Å²) in [6, 6.07) is 0. The summed E-state index contributed by atoms with van der Waals surface area (Å²) >= 11 is 2.85. The molecule has 2 nitrogen and oxygen atoms in total. The van der Waals surface area contributed by atoms with E-state index >= 15 is 0 Å². The van der Waals surface area contributed by atoms with Crippen molar-refractivity contribution in [3.05, 3.63) is 23.3 Å². The fraction of sp³-hybridized carbons (Fsp3) is 0.862. The van der Waals surface area contributed by atoms with Gasteiger partial charge in [0.2, 0.25) is 0 Å². The highest BCUT2D eigenvalue weighted by Gasteiger charge is 2.59. The van der Waals surface area contributed by atoms with Crippen LogP contribution in [0.25, 0.3) is 0 Å². The monoisotopic (exact) mass is 640 g/mol. The Labute approximate surface area is 245 Å². The van der Waals surface area contributed by atoms with E-state index in [2.05, 4.69) is 38.9 Å². The van der Waals surface area contributed by atoms with Gasteiger partial charge in [0, 0.05) is 12.8 Å². The number of hydrogen-bond acceptors (Lipinski definition) is 2. The molecule has 0 spiro atoms. The molecule has 4 rings (SSSR count). The van der Waals surface area contributed by atoms with Gasteiger partial charge in [0.05, 0.1) is 12.7 Å². The Morgan fingerprint density at radius 2 is 1.67 bits per heavy atom. The minimum Gasteiger partial charge on any atom is -0.393 e. The van der Waals surface area contributed by atoms with Crippen molar-refractivity contribution in [1.82, 2.24) is 0 Å². The molecular weight excluding hydrogens is 599 g/mol. The summed E-state index contributed by atoms with van der Waals surface area (Å²) < 4.78 is 72.5. The molecule has 2 saturated carbocycles. The molecule has 0 aromatic heterocycles. The summed E-state index contributed by atoms with van der Waals surface area (Å²) in [4.78, 5) is 0. The standard InChI is InChI=1S/C25H37F3O2.C4H6F3.BrH.Mg/c1-23-12-9-16(15-29)14-17(23)5-6-18-19-7-8-21(24(19,2)13-10-20(18)23)22(30)4-3-11-25(26,27)28;1-2-3-4(5,6)7;;/h5,14,18-22,29-30H,3-4,6-13,15H2,1-2H3;1-3H2;1H;/q;;;+1/p-1/t18?,19?,20?,21-,22?,23+,24+;;;/m1.../s1. The molecule has 0 aromatic rings. The molecule has 10 heteroatoms. The summed E-state index contributed by atoms with van der Waals surface area (Å²) in [5, 5.41) is 20.4. The Kier molecular flexibility index (Phi) is 11.8. The highest BCUT2D eigenvalue weighted by molar-refractivity contribution is 9.23. The minimum atomic E-state index is -4.13. The lowest BCUT2D eigenvalue weighted by molar-refractivity contribution is -0.137. The Balaban J connectivity index is 0.000000403. The van der Waals surface area contributed by atoms with Crippen molar-refractivity contribution in [3.8, 4) is 0 Å². The highest BCUT2D eigenvalue weighted by atomic mass is 79.9. The van der Waals surface area contributed by atoms with Crippen molar-refractivity contribution in [3.63, 3.8) is 0 Å². The SMILES string of the molecule is C[C@]12CCC(CO)=CC1=CCC1C2CC[C@@]2(C)C1CC[C@@H]2C(O)CCCC(F)(F)F.FC(F)(F)CC[CH2][Mg][Br]. The van der Waals surface area contributed by atoms with E-state index in [0.29, 0.717) is 24.2 Å². The van der Waals surface area contributed by atoms with E-state index in [0.717, 1.165) is 55.1 Å². The first-order valence-corrected chi connectivity index (χ1v) is 19.4. The number of halogens is 7. The summed E-state index contributed by atoms with van der Waals surface area (Å²) in [7, 11) is 0. The molecule has 0 bridgehead atoms.